The predicted octanol–water partition coefficient (Wildman–Crippen LogP) is 4.11. The van der Waals surface area contributed by atoms with Crippen molar-refractivity contribution in [1.29, 1.82) is 5.26 Å². The lowest BCUT2D eigenvalue weighted by Crippen LogP contribution is -2.14. The largest absolute Gasteiger partial charge is 0.394 e. The molecule has 3 N–H and O–H groups in total. The lowest BCUT2D eigenvalue weighted by atomic mass is 10.1. The van der Waals surface area contributed by atoms with Gasteiger partial charge in [0.05, 0.1) is 10.6 Å². The third-order valence-electron chi connectivity index (χ3n) is 3.40. The van der Waals surface area contributed by atoms with Crippen LogP contribution in [-0.2, 0) is 0 Å². The number of nitriles is 1. The zero-order valence-corrected chi connectivity index (χ0v) is 13.2. The highest BCUT2D eigenvalue weighted by molar-refractivity contribution is 7.19. The first-order valence-corrected chi connectivity index (χ1v) is 7.86. The molecule has 0 radical (unpaired) electrons. The molecule has 2 aromatic carbocycles. The second-order valence-corrected chi connectivity index (χ2v) is 6.01. The van der Waals surface area contributed by atoms with Crippen LogP contribution in [0.1, 0.15) is 5.56 Å². The maximum Gasteiger partial charge on any atom is 0.223 e. The lowest BCUT2D eigenvalue weighted by molar-refractivity contribution is 0.628. The SMILES string of the molecule is N#Cc1c(Nc2ccccc2)sc(-c2ccc(F)cc2)c(N)c1=O. The van der Waals surface area contributed by atoms with Crippen molar-refractivity contribution in [2.75, 3.05) is 11.1 Å². The lowest BCUT2D eigenvalue weighted by Gasteiger charge is -2.11. The van der Waals surface area contributed by atoms with E-state index in [0.29, 0.717) is 15.4 Å². The summed E-state index contributed by atoms with van der Waals surface area (Å²) in [6, 6.07) is 16.8. The molecule has 0 spiro atoms. The first-order valence-electron chi connectivity index (χ1n) is 7.05. The van der Waals surface area contributed by atoms with E-state index in [0.717, 1.165) is 5.69 Å². The normalized spacial score (nSPS) is 10.2. The van der Waals surface area contributed by atoms with Crippen molar-refractivity contribution in [2.45, 2.75) is 0 Å². The fourth-order valence-corrected chi connectivity index (χ4v) is 3.28. The summed E-state index contributed by atoms with van der Waals surface area (Å²) in [4.78, 5) is 12.9. The Hall–Kier alpha value is -3.17. The van der Waals surface area contributed by atoms with Gasteiger partial charge < -0.3 is 11.1 Å². The van der Waals surface area contributed by atoms with Gasteiger partial charge in [-0.1, -0.05) is 30.3 Å². The van der Waals surface area contributed by atoms with E-state index in [1.165, 1.54) is 23.5 Å². The van der Waals surface area contributed by atoms with E-state index < -0.39 is 5.43 Å². The van der Waals surface area contributed by atoms with Crippen molar-refractivity contribution in [3.05, 3.63) is 76.2 Å². The van der Waals surface area contributed by atoms with E-state index in [4.69, 9.17) is 5.73 Å². The van der Waals surface area contributed by atoms with E-state index in [2.05, 4.69) is 5.32 Å². The van der Waals surface area contributed by atoms with Crippen LogP contribution in [0.5, 0.6) is 0 Å². The summed E-state index contributed by atoms with van der Waals surface area (Å²) in [5.74, 6) is -0.374. The summed E-state index contributed by atoms with van der Waals surface area (Å²) in [6.07, 6.45) is 0. The number of nitrogens with zero attached hydrogens (tertiary/aromatic N) is 1. The number of rotatable bonds is 3. The fourth-order valence-electron chi connectivity index (χ4n) is 2.21. The van der Waals surface area contributed by atoms with Crippen molar-refractivity contribution in [2.24, 2.45) is 0 Å². The van der Waals surface area contributed by atoms with E-state index >= 15 is 0 Å². The summed E-state index contributed by atoms with van der Waals surface area (Å²) in [5, 5.41) is 12.8. The Morgan fingerprint density at radius 3 is 2.38 bits per heavy atom. The molecule has 0 amide bonds. The van der Waals surface area contributed by atoms with Gasteiger partial charge in [0.2, 0.25) is 5.43 Å². The number of nitrogen functional groups attached to an aromatic ring is 1. The summed E-state index contributed by atoms with van der Waals surface area (Å²) < 4.78 is 13.1. The van der Waals surface area contributed by atoms with Gasteiger partial charge in [-0.15, -0.1) is 11.3 Å². The van der Waals surface area contributed by atoms with Crippen LogP contribution in [0.3, 0.4) is 0 Å². The van der Waals surface area contributed by atoms with Gasteiger partial charge in [0.25, 0.3) is 0 Å². The Bertz CT molecular complexity index is 976. The first kappa shape index (κ1) is 15.7. The van der Waals surface area contributed by atoms with Gasteiger partial charge in [-0.25, -0.2) is 4.39 Å². The molecule has 0 atom stereocenters. The molecule has 0 bridgehead atoms. The van der Waals surface area contributed by atoms with Crippen LogP contribution in [0, 0.1) is 17.1 Å². The van der Waals surface area contributed by atoms with Gasteiger partial charge >= 0.3 is 0 Å². The van der Waals surface area contributed by atoms with Gasteiger partial charge in [-0.3, -0.25) is 4.79 Å². The molecule has 0 fully saturated rings. The number of nitrogens with two attached hydrogens (primary N) is 1. The van der Waals surface area contributed by atoms with Crippen LogP contribution in [0.25, 0.3) is 10.4 Å². The number of para-hydroxylation sites is 1. The van der Waals surface area contributed by atoms with Crippen LogP contribution in [-0.4, -0.2) is 0 Å². The molecular formula is C18H12FN3OS. The molecule has 1 aromatic heterocycles. The molecule has 0 aliphatic heterocycles. The molecule has 1 heterocycles. The van der Waals surface area contributed by atoms with E-state index in [1.807, 2.05) is 36.4 Å². The number of benzene rings is 2. The molecule has 6 heteroatoms. The molecule has 3 rings (SSSR count). The fraction of sp³-hybridized carbons (Fsp3) is 0. The van der Waals surface area contributed by atoms with Gasteiger partial charge in [0.15, 0.2) is 0 Å². The summed E-state index contributed by atoms with van der Waals surface area (Å²) in [7, 11) is 0. The number of halogens is 1. The summed E-state index contributed by atoms with van der Waals surface area (Å²) in [5.41, 5.74) is 6.71. The van der Waals surface area contributed by atoms with Crippen LogP contribution >= 0.6 is 11.3 Å². The molecule has 0 saturated heterocycles. The molecule has 24 heavy (non-hydrogen) atoms. The smallest absolute Gasteiger partial charge is 0.223 e. The molecule has 0 unspecified atom stereocenters. The zero-order chi connectivity index (χ0) is 17.1. The van der Waals surface area contributed by atoms with Crippen molar-refractivity contribution in [3.8, 4) is 16.5 Å². The number of hydrogen-bond acceptors (Lipinski definition) is 5. The molecule has 118 valence electrons. The topological polar surface area (TPSA) is 78.9 Å². The number of nitrogens with one attached hydrogen (secondary N) is 1. The highest BCUT2D eigenvalue weighted by Gasteiger charge is 2.17. The van der Waals surface area contributed by atoms with Gasteiger partial charge in [0, 0.05) is 5.69 Å². The average molecular weight is 337 g/mol. The minimum Gasteiger partial charge on any atom is -0.394 e. The average Bonchev–Trinajstić information content (AvgIpc) is 2.60. The highest BCUT2D eigenvalue weighted by atomic mass is 32.1. The molecule has 3 aromatic rings. The number of anilines is 3. The maximum absolute atomic E-state index is 13.1. The third kappa shape index (κ3) is 2.98. The van der Waals surface area contributed by atoms with Crippen LogP contribution in [0.15, 0.2) is 59.4 Å². The predicted molar refractivity (Wildman–Crippen MR) is 94.8 cm³/mol. The monoisotopic (exact) mass is 337 g/mol. The van der Waals surface area contributed by atoms with Crippen molar-refractivity contribution in [3.63, 3.8) is 0 Å². The molecule has 0 saturated carbocycles. The Morgan fingerprint density at radius 1 is 1.08 bits per heavy atom. The Balaban J connectivity index is 2.16. The summed E-state index contributed by atoms with van der Waals surface area (Å²) >= 11 is 1.19. The molecule has 0 aliphatic carbocycles. The maximum atomic E-state index is 13.1. The first-order chi connectivity index (χ1) is 11.6. The van der Waals surface area contributed by atoms with Crippen LogP contribution < -0.4 is 16.5 Å². The van der Waals surface area contributed by atoms with Crippen LogP contribution in [0.4, 0.5) is 20.8 Å². The van der Waals surface area contributed by atoms with Crippen LogP contribution in [0.2, 0.25) is 0 Å². The van der Waals surface area contributed by atoms with Crippen molar-refractivity contribution >= 4 is 27.7 Å². The van der Waals surface area contributed by atoms with Gasteiger partial charge in [-0.05, 0) is 29.8 Å². The highest BCUT2D eigenvalue weighted by Crippen LogP contribution is 2.35. The van der Waals surface area contributed by atoms with Crippen molar-refractivity contribution < 1.29 is 4.39 Å². The third-order valence-corrected chi connectivity index (χ3v) is 4.57. The molecule has 4 nitrogen and oxygen atoms in total. The van der Waals surface area contributed by atoms with E-state index in [1.54, 1.807) is 12.1 Å². The Kier molecular flexibility index (Phi) is 4.27. The van der Waals surface area contributed by atoms with Gasteiger partial charge in [0.1, 0.15) is 22.5 Å². The molecule has 0 aliphatic rings. The second-order valence-electron chi connectivity index (χ2n) is 4.99. The quantitative estimate of drug-likeness (QED) is 0.754. The van der Waals surface area contributed by atoms with E-state index in [-0.39, 0.29) is 17.1 Å². The second kappa shape index (κ2) is 6.52. The molecular weight excluding hydrogens is 325 g/mol. The standard InChI is InChI=1S/C18H12FN3OS/c19-12-8-6-11(7-9-12)17-15(21)16(23)14(10-20)18(24-17)22-13-4-2-1-3-5-13/h1-9,22H,21H2. The zero-order valence-electron chi connectivity index (χ0n) is 12.4. The van der Waals surface area contributed by atoms with Crippen molar-refractivity contribution in [1.82, 2.24) is 0 Å². The minimum atomic E-state index is -0.533. The van der Waals surface area contributed by atoms with Gasteiger partial charge in [-0.2, -0.15) is 5.26 Å². The minimum absolute atomic E-state index is 0.0123. The Labute approximate surface area is 141 Å². The number of hydrogen-bond donors (Lipinski definition) is 2. The van der Waals surface area contributed by atoms with E-state index in [9.17, 15) is 14.4 Å². The summed E-state index contributed by atoms with van der Waals surface area (Å²) in [6.45, 7) is 0. The Morgan fingerprint density at radius 2 is 1.75 bits per heavy atom.